The predicted molar refractivity (Wildman–Crippen MR) is 103 cm³/mol. The molecule has 2 bridgehead atoms. The minimum Gasteiger partial charge on any atom is -0.312 e. The Balaban J connectivity index is 1.44. The zero-order valence-corrected chi connectivity index (χ0v) is 15.3. The van der Waals surface area contributed by atoms with Gasteiger partial charge in [0.2, 0.25) is 0 Å². The monoisotopic (exact) mass is 362 g/mol. The number of rotatable bonds is 2. The van der Waals surface area contributed by atoms with E-state index in [0.717, 1.165) is 43.1 Å². The molecular weight excluding hydrogens is 340 g/mol. The summed E-state index contributed by atoms with van der Waals surface area (Å²) in [5.74, 6) is 0.843. The van der Waals surface area contributed by atoms with Gasteiger partial charge in [-0.3, -0.25) is 18.9 Å². The van der Waals surface area contributed by atoms with Gasteiger partial charge in [0.05, 0.1) is 5.69 Å². The van der Waals surface area contributed by atoms with Crippen molar-refractivity contribution in [1.82, 2.24) is 18.9 Å². The van der Waals surface area contributed by atoms with Gasteiger partial charge in [0.25, 0.3) is 11.1 Å². The number of aromatic nitrogens is 3. The number of hydrogen-bond acceptors (Lipinski definition) is 4. The lowest BCUT2D eigenvalue weighted by atomic mass is 9.83. The Bertz CT molecular complexity index is 1150. The molecule has 6 nitrogen and oxygen atoms in total. The second-order valence-corrected chi connectivity index (χ2v) is 7.84. The molecule has 6 heteroatoms. The van der Waals surface area contributed by atoms with E-state index in [9.17, 15) is 9.59 Å². The van der Waals surface area contributed by atoms with Crippen LogP contribution in [-0.2, 0) is 13.1 Å². The number of fused-ring (bicyclic) bond motifs is 5. The average molecular weight is 362 g/mol. The molecule has 5 rings (SSSR count). The average Bonchev–Trinajstić information content (AvgIpc) is 2.62. The van der Waals surface area contributed by atoms with E-state index in [4.69, 9.17) is 4.98 Å². The molecule has 0 saturated carbocycles. The van der Waals surface area contributed by atoms with Crippen LogP contribution in [0.1, 0.15) is 29.4 Å². The first-order chi connectivity index (χ1) is 13.1. The van der Waals surface area contributed by atoms with Gasteiger partial charge in [0.1, 0.15) is 5.65 Å². The van der Waals surface area contributed by atoms with Gasteiger partial charge in [-0.2, -0.15) is 0 Å². The molecule has 5 heterocycles. The topological polar surface area (TPSA) is 59.6 Å². The fourth-order valence-corrected chi connectivity index (χ4v) is 4.80. The van der Waals surface area contributed by atoms with Crippen LogP contribution in [0.25, 0.3) is 5.65 Å². The lowest BCUT2D eigenvalue weighted by Gasteiger charge is -2.42. The summed E-state index contributed by atoms with van der Waals surface area (Å²) in [5.41, 5.74) is 3.64. The maximum Gasteiger partial charge on any atom is 0.258 e. The van der Waals surface area contributed by atoms with Crippen molar-refractivity contribution >= 4 is 5.65 Å². The Morgan fingerprint density at radius 1 is 1.04 bits per heavy atom. The smallest absolute Gasteiger partial charge is 0.258 e. The van der Waals surface area contributed by atoms with Gasteiger partial charge < -0.3 is 4.57 Å². The highest BCUT2D eigenvalue weighted by atomic mass is 16.1. The summed E-state index contributed by atoms with van der Waals surface area (Å²) in [6, 6.07) is 13.0. The van der Waals surface area contributed by atoms with Gasteiger partial charge in [-0.05, 0) is 37.5 Å². The van der Waals surface area contributed by atoms with Crippen molar-refractivity contribution in [3.8, 4) is 0 Å². The van der Waals surface area contributed by atoms with Crippen LogP contribution in [0.2, 0.25) is 0 Å². The Kier molecular flexibility index (Phi) is 3.75. The first-order valence-electron chi connectivity index (χ1n) is 9.49. The summed E-state index contributed by atoms with van der Waals surface area (Å²) in [6.45, 7) is 5.21. The third-order valence-corrected chi connectivity index (χ3v) is 5.87. The summed E-state index contributed by atoms with van der Waals surface area (Å²) in [5, 5.41) is 0. The summed E-state index contributed by atoms with van der Waals surface area (Å²) in [6.07, 6.45) is 1.13. The summed E-state index contributed by atoms with van der Waals surface area (Å²) in [4.78, 5) is 31.8. The van der Waals surface area contributed by atoms with Crippen LogP contribution in [0.3, 0.4) is 0 Å². The SMILES string of the molecule is Cc1cccc2nc(CN3C[C@H]4C[C@@H](C3)c3cccc(=O)n3C4)cc(=O)n12. The van der Waals surface area contributed by atoms with Gasteiger partial charge in [-0.25, -0.2) is 4.98 Å². The highest BCUT2D eigenvalue weighted by Gasteiger charge is 2.34. The third-order valence-electron chi connectivity index (χ3n) is 5.87. The maximum absolute atomic E-state index is 12.5. The molecule has 0 amide bonds. The van der Waals surface area contributed by atoms with Crippen molar-refractivity contribution in [2.75, 3.05) is 13.1 Å². The summed E-state index contributed by atoms with van der Waals surface area (Å²) < 4.78 is 3.59. The number of piperidine rings is 1. The van der Waals surface area contributed by atoms with Crippen molar-refractivity contribution in [2.45, 2.75) is 32.4 Å². The van der Waals surface area contributed by atoms with E-state index in [-0.39, 0.29) is 11.1 Å². The fraction of sp³-hybridized carbons (Fsp3) is 0.381. The van der Waals surface area contributed by atoms with Crippen LogP contribution >= 0.6 is 0 Å². The molecule has 0 radical (unpaired) electrons. The molecule has 0 aliphatic carbocycles. The highest BCUT2D eigenvalue weighted by Crippen LogP contribution is 2.35. The van der Waals surface area contributed by atoms with E-state index < -0.39 is 0 Å². The van der Waals surface area contributed by atoms with Gasteiger partial charge >= 0.3 is 0 Å². The molecule has 3 aromatic heterocycles. The van der Waals surface area contributed by atoms with E-state index in [1.807, 2.05) is 35.8 Å². The number of pyridine rings is 2. The lowest BCUT2D eigenvalue weighted by Crippen LogP contribution is -2.46. The van der Waals surface area contributed by atoms with Crippen molar-refractivity contribution in [2.24, 2.45) is 5.92 Å². The molecule has 27 heavy (non-hydrogen) atoms. The predicted octanol–water partition coefficient (Wildman–Crippen LogP) is 1.78. The van der Waals surface area contributed by atoms with Crippen LogP contribution in [0.4, 0.5) is 0 Å². The number of nitrogens with zero attached hydrogens (tertiary/aromatic N) is 4. The van der Waals surface area contributed by atoms with E-state index >= 15 is 0 Å². The van der Waals surface area contributed by atoms with E-state index in [0.29, 0.717) is 24.0 Å². The molecule has 2 atom stereocenters. The molecule has 1 fully saturated rings. The second kappa shape index (κ2) is 6.16. The minimum absolute atomic E-state index is 0.0257. The molecule has 3 aromatic rings. The summed E-state index contributed by atoms with van der Waals surface area (Å²) >= 11 is 0. The number of hydrogen-bond donors (Lipinski definition) is 0. The van der Waals surface area contributed by atoms with Crippen LogP contribution < -0.4 is 11.1 Å². The zero-order valence-electron chi connectivity index (χ0n) is 15.3. The zero-order chi connectivity index (χ0) is 18.5. The molecule has 0 aromatic carbocycles. The Hall–Kier alpha value is -2.73. The Morgan fingerprint density at radius 2 is 1.89 bits per heavy atom. The van der Waals surface area contributed by atoms with Gasteiger partial charge in [-0.15, -0.1) is 0 Å². The summed E-state index contributed by atoms with van der Waals surface area (Å²) in [7, 11) is 0. The van der Waals surface area contributed by atoms with Crippen molar-refractivity contribution in [3.63, 3.8) is 0 Å². The molecule has 2 aliphatic rings. The van der Waals surface area contributed by atoms with Gasteiger partial charge in [0, 0.05) is 55.6 Å². The van der Waals surface area contributed by atoms with Gasteiger partial charge in [-0.1, -0.05) is 12.1 Å². The maximum atomic E-state index is 12.5. The van der Waals surface area contributed by atoms with Crippen LogP contribution in [0.5, 0.6) is 0 Å². The Labute approximate surface area is 156 Å². The number of aryl methyl sites for hydroxylation is 1. The third kappa shape index (κ3) is 2.80. The Morgan fingerprint density at radius 3 is 2.78 bits per heavy atom. The normalized spacial score (nSPS) is 22.0. The number of likely N-dealkylation sites (tertiary alicyclic amines) is 1. The minimum atomic E-state index is -0.0257. The molecule has 1 saturated heterocycles. The van der Waals surface area contributed by atoms with Crippen LogP contribution in [0.15, 0.2) is 52.1 Å². The second-order valence-electron chi connectivity index (χ2n) is 7.84. The standard InChI is InChI=1S/C21H22N4O2/c1-14-4-2-6-19-22-17(9-21(27)25(14)19)13-23-10-15-8-16(12-23)18-5-3-7-20(26)24(18)11-15/h2-7,9,15-16H,8,10-13H2,1H3/t15-,16+/m1/s1. The molecule has 0 unspecified atom stereocenters. The van der Waals surface area contributed by atoms with E-state index in [2.05, 4.69) is 11.0 Å². The molecule has 0 spiro atoms. The van der Waals surface area contributed by atoms with Crippen molar-refractivity contribution in [3.05, 3.63) is 80.3 Å². The quantitative estimate of drug-likeness (QED) is 0.697. The van der Waals surface area contributed by atoms with E-state index in [1.165, 1.54) is 0 Å². The fourth-order valence-electron chi connectivity index (χ4n) is 4.80. The molecule has 2 aliphatic heterocycles. The van der Waals surface area contributed by atoms with Gasteiger partial charge in [0.15, 0.2) is 0 Å². The first-order valence-corrected chi connectivity index (χ1v) is 9.49. The largest absolute Gasteiger partial charge is 0.312 e. The van der Waals surface area contributed by atoms with E-state index in [1.54, 1.807) is 16.5 Å². The van der Waals surface area contributed by atoms with Crippen molar-refractivity contribution < 1.29 is 0 Å². The highest BCUT2D eigenvalue weighted by molar-refractivity contribution is 5.40. The lowest BCUT2D eigenvalue weighted by molar-refractivity contribution is 0.113. The molecule has 0 N–H and O–H groups in total. The first kappa shape index (κ1) is 16.4. The molecular formula is C21H22N4O2. The molecule has 138 valence electrons. The van der Waals surface area contributed by atoms with Crippen LogP contribution in [-0.4, -0.2) is 31.9 Å². The van der Waals surface area contributed by atoms with Crippen LogP contribution in [0, 0.1) is 12.8 Å². The van der Waals surface area contributed by atoms with Crippen molar-refractivity contribution in [1.29, 1.82) is 0 Å².